The van der Waals surface area contributed by atoms with E-state index in [1.54, 1.807) is 24.3 Å². The molecule has 0 atom stereocenters. The third kappa shape index (κ3) is 7.55. The Labute approximate surface area is 133 Å². The van der Waals surface area contributed by atoms with E-state index in [0.29, 0.717) is 11.4 Å². The molecule has 1 amide bonds. The van der Waals surface area contributed by atoms with Crippen molar-refractivity contribution in [3.8, 4) is 0 Å². The molecule has 0 saturated carbocycles. The number of nitrogens with one attached hydrogen (secondary N) is 1. The van der Waals surface area contributed by atoms with Crippen LogP contribution in [0.25, 0.3) is 0 Å². The number of rotatable bonds is 5. The number of carboxylic acids is 1. The zero-order chi connectivity index (χ0) is 13.5. The van der Waals surface area contributed by atoms with Crippen LogP contribution >= 0.6 is 0 Å². The van der Waals surface area contributed by atoms with Crippen molar-refractivity contribution in [3.05, 3.63) is 24.3 Å². The monoisotopic (exact) mass is 272 g/mol. The minimum absolute atomic E-state index is 0. The van der Waals surface area contributed by atoms with Gasteiger partial charge in [-0.3, -0.25) is 9.80 Å². The average Bonchev–Trinajstić information content (AvgIpc) is 2.25. The second-order valence-corrected chi connectivity index (χ2v) is 3.61. The fraction of sp³-hybridized carbons (Fsp3) is 0.273. The Bertz CT molecular complexity index is 479. The Morgan fingerprint density at radius 3 is 2.68 bits per heavy atom. The summed E-state index contributed by atoms with van der Waals surface area (Å²) in [4.78, 5) is 21.2. The van der Waals surface area contributed by atoms with Crippen molar-refractivity contribution in [2.45, 2.75) is 6.92 Å². The minimum Gasteiger partial charge on any atom is -0.548 e. The van der Waals surface area contributed by atoms with Gasteiger partial charge >= 0.3 is 29.6 Å². The fourth-order valence-corrected chi connectivity index (χ4v) is 1.20. The molecular formula is C11H13N4NaO3. The number of hydrogen-bond donors (Lipinski definition) is 1. The topological polar surface area (TPSA) is 97.2 Å². The van der Waals surface area contributed by atoms with Crippen molar-refractivity contribution in [1.29, 1.82) is 0 Å². The van der Waals surface area contributed by atoms with Crippen LogP contribution < -0.4 is 40.0 Å². The molecule has 0 unspecified atom stereocenters. The number of carboxylic acid groups (broad SMARTS) is 1. The van der Waals surface area contributed by atoms with E-state index < -0.39 is 5.97 Å². The second kappa shape index (κ2) is 8.63. The van der Waals surface area contributed by atoms with Gasteiger partial charge in [0.15, 0.2) is 0 Å². The number of aliphatic carboxylic acids is 1. The van der Waals surface area contributed by atoms with Gasteiger partial charge in [-0.25, -0.2) is 0 Å². The van der Waals surface area contributed by atoms with Crippen molar-refractivity contribution in [2.24, 2.45) is 10.3 Å². The van der Waals surface area contributed by atoms with Crippen molar-refractivity contribution < 1.29 is 44.3 Å². The Morgan fingerprint density at radius 1 is 1.42 bits per heavy atom. The van der Waals surface area contributed by atoms with Gasteiger partial charge < -0.3 is 15.2 Å². The largest absolute Gasteiger partial charge is 1.00 e. The van der Waals surface area contributed by atoms with Crippen LogP contribution in [0.3, 0.4) is 0 Å². The maximum absolute atomic E-state index is 10.9. The summed E-state index contributed by atoms with van der Waals surface area (Å²) < 4.78 is 0. The Kier molecular flexibility index (Phi) is 7.97. The van der Waals surface area contributed by atoms with E-state index in [9.17, 15) is 14.7 Å². The molecule has 96 valence electrons. The number of amides is 1. The predicted molar refractivity (Wildman–Crippen MR) is 62.9 cm³/mol. The number of carbonyl (C=O) groups excluding carboxylic acids is 2. The number of carbonyl (C=O) groups is 2. The molecule has 1 aromatic rings. The van der Waals surface area contributed by atoms with Crippen LogP contribution in [0.2, 0.25) is 0 Å². The molecule has 0 fully saturated rings. The van der Waals surface area contributed by atoms with Gasteiger partial charge in [-0.1, -0.05) is 11.3 Å². The molecule has 1 N–H and O–H groups in total. The summed E-state index contributed by atoms with van der Waals surface area (Å²) >= 11 is 0. The molecule has 1 aromatic carbocycles. The summed E-state index contributed by atoms with van der Waals surface area (Å²) in [5.41, 5.74) is 1.10. The quantitative estimate of drug-likeness (QED) is 0.359. The van der Waals surface area contributed by atoms with Gasteiger partial charge in [0.2, 0.25) is 5.91 Å². The number of likely N-dealkylation sites (N-methyl/N-ethyl adjacent to an activating group) is 1. The molecule has 0 aliphatic carbocycles. The van der Waals surface area contributed by atoms with Crippen molar-refractivity contribution in [3.63, 3.8) is 0 Å². The third-order valence-electron chi connectivity index (χ3n) is 1.84. The van der Waals surface area contributed by atoms with E-state index in [2.05, 4.69) is 15.7 Å². The number of hydrogen-bond acceptors (Lipinski definition) is 5. The Balaban J connectivity index is 0.00000324. The van der Waals surface area contributed by atoms with Gasteiger partial charge in [0.05, 0.1) is 18.2 Å². The van der Waals surface area contributed by atoms with Gasteiger partial charge in [0.1, 0.15) is 0 Å². The van der Waals surface area contributed by atoms with Crippen molar-refractivity contribution in [2.75, 3.05) is 18.9 Å². The molecule has 7 nitrogen and oxygen atoms in total. The van der Waals surface area contributed by atoms with E-state index in [4.69, 9.17) is 0 Å². The molecule has 0 aromatic heterocycles. The first-order chi connectivity index (χ1) is 8.47. The average molecular weight is 272 g/mol. The molecule has 0 heterocycles. The molecule has 19 heavy (non-hydrogen) atoms. The van der Waals surface area contributed by atoms with Crippen LogP contribution in [0.4, 0.5) is 11.4 Å². The van der Waals surface area contributed by atoms with Crippen LogP contribution in [0.15, 0.2) is 34.6 Å². The zero-order valence-electron chi connectivity index (χ0n) is 11.1. The third-order valence-corrected chi connectivity index (χ3v) is 1.84. The first kappa shape index (κ1) is 17.6. The normalized spacial score (nSPS) is 9.79. The van der Waals surface area contributed by atoms with Crippen LogP contribution in [0, 0.1) is 0 Å². The molecule has 0 bridgehead atoms. The maximum atomic E-state index is 10.9. The van der Waals surface area contributed by atoms with E-state index in [-0.39, 0.29) is 42.0 Å². The Morgan fingerprint density at radius 2 is 2.11 bits per heavy atom. The number of nitrogens with zero attached hydrogens (tertiary/aromatic N) is 3. The molecule has 0 radical (unpaired) electrons. The molecule has 0 saturated heterocycles. The van der Waals surface area contributed by atoms with E-state index in [1.807, 2.05) is 0 Å². The van der Waals surface area contributed by atoms with E-state index >= 15 is 0 Å². The summed E-state index contributed by atoms with van der Waals surface area (Å²) in [7, 11) is 1.47. The van der Waals surface area contributed by atoms with Crippen LogP contribution in [-0.4, -0.2) is 30.5 Å². The summed E-state index contributed by atoms with van der Waals surface area (Å²) in [5.74, 6) is -1.42. The van der Waals surface area contributed by atoms with Crippen LogP contribution in [0.5, 0.6) is 0 Å². The summed E-state index contributed by atoms with van der Waals surface area (Å²) in [6, 6.07) is 6.73. The predicted octanol–water partition coefficient (Wildman–Crippen LogP) is -2.67. The van der Waals surface area contributed by atoms with Gasteiger partial charge in [-0.2, -0.15) is 0 Å². The van der Waals surface area contributed by atoms with Gasteiger partial charge in [0.25, 0.3) is 0 Å². The molecule has 0 aliphatic rings. The van der Waals surface area contributed by atoms with Crippen molar-refractivity contribution in [1.82, 2.24) is 5.01 Å². The summed E-state index contributed by atoms with van der Waals surface area (Å²) in [6.07, 6.45) is 0. The van der Waals surface area contributed by atoms with Gasteiger partial charge in [0, 0.05) is 19.7 Å². The van der Waals surface area contributed by atoms with Gasteiger partial charge in [-0.05, 0) is 18.2 Å². The van der Waals surface area contributed by atoms with E-state index in [1.165, 1.54) is 14.0 Å². The minimum atomic E-state index is -1.23. The smallest absolute Gasteiger partial charge is 0.548 e. The number of benzene rings is 1. The van der Waals surface area contributed by atoms with Crippen LogP contribution in [-0.2, 0) is 9.59 Å². The summed E-state index contributed by atoms with van der Waals surface area (Å²) in [6.45, 7) is 1.07. The standard InChI is InChI=1S/C11H14N4O3.Na/c1-8(16)12-9-4-3-5-10(6-9)13-14-15(2)7-11(17)18;/h3-6H,7H2,1-2H3,(H,12,16)(H,17,18);/q;+1/p-1. The first-order valence-corrected chi connectivity index (χ1v) is 5.17. The van der Waals surface area contributed by atoms with E-state index in [0.717, 1.165) is 5.01 Å². The molecular weight excluding hydrogens is 259 g/mol. The Hall–Kier alpha value is -1.44. The summed E-state index contributed by atoms with van der Waals surface area (Å²) in [5, 5.41) is 21.6. The maximum Gasteiger partial charge on any atom is 1.00 e. The SMILES string of the molecule is CC(=O)Nc1cccc(N=NN(C)CC(=O)[O-])c1.[Na+]. The molecule has 0 spiro atoms. The molecule has 0 aliphatic heterocycles. The first-order valence-electron chi connectivity index (χ1n) is 5.17. The fourth-order valence-electron chi connectivity index (χ4n) is 1.20. The zero-order valence-corrected chi connectivity index (χ0v) is 13.1. The van der Waals surface area contributed by atoms with Crippen LogP contribution in [0.1, 0.15) is 6.92 Å². The van der Waals surface area contributed by atoms with Crippen molar-refractivity contribution >= 4 is 23.3 Å². The van der Waals surface area contributed by atoms with Gasteiger partial charge in [-0.15, -0.1) is 5.11 Å². The number of anilines is 1. The molecule has 8 heteroatoms. The second-order valence-electron chi connectivity index (χ2n) is 3.61. The molecule has 1 rings (SSSR count).